The first-order valence-corrected chi connectivity index (χ1v) is 11.0. The third-order valence-corrected chi connectivity index (χ3v) is 7.58. The van der Waals surface area contributed by atoms with Gasteiger partial charge in [-0.1, -0.05) is 22.9 Å². The van der Waals surface area contributed by atoms with Gasteiger partial charge in [0.15, 0.2) is 0 Å². The Morgan fingerprint density at radius 2 is 1.93 bits per heavy atom. The highest BCUT2D eigenvalue weighted by atomic mass is 32.2. The molecule has 0 atom stereocenters. The molecule has 1 N–H and O–H groups in total. The number of benzene rings is 1. The van der Waals surface area contributed by atoms with E-state index < -0.39 is 0 Å². The maximum absolute atomic E-state index is 13.0. The van der Waals surface area contributed by atoms with E-state index in [1.54, 1.807) is 11.8 Å². The van der Waals surface area contributed by atoms with Crippen LogP contribution >= 0.6 is 23.1 Å². The summed E-state index contributed by atoms with van der Waals surface area (Å²) in [5, 5.41) is 12.6. The number of thioether (sulfide) groups is 1. The summed E-state index contributed by atoms with van der Waals surface area (Å²) < 4.78 is 1.09. The molecule has 0 saturated carbocycles. The lowest BCUT2D eigenvalue weighted by atomic mass is 10.1. The topological polar surface area (TPSA) is 56.1 Å². The number of nitrogens with zero attached hydrogens (tertiary/aromatic N) is 3. The van der Waals surface area contributed by atoms with Crippen molar-refractivity contribution in [2.24, 2.45) is 5.16 Å². The number of carbonyl (C=O) groups is 1. The van der Waals surface area contributed by atoms with Crippen molar-refractivity contribution in [1.29, 1.82) is 0 Å². The molecule has 1 saturated heterocycles. The fourth-order valence-corrected chi connectivity index (χ4v) is 6.18. The van der Waals surface area contributed by atoms with E-state index in [9.17, 15) is 10.0 Å². The zero-order valence-electron chi connectivity index (χ0n) is 15.6. The Labute approximate surface area is 167 Å². The van der Waals surface area contributed by atoms with Crippen LogP contribution in [0.5, 0.6) is 0 Å². The summed E-state index contributed by atoms with van der Waals surface area (Å²) >= 11 is 3.26. The van der Waals surface area contributed by atoms with E-state index in [1.807, 2.05) is 11.0 Å². The fourth-order valence-electron chi connectivity index (χ4n) is 3.73. The van der Waals surface area contributed by atoms with Gasteiger partial charge in [0.05, 0.1) is 14.8 Å². The summed E-state index contributed by atoms with van der Waals surface area (Å²) in [6.45, 7) is 7.40. The average molecular weight is 402 g/mol. The van der Waals surface area contributed by atoms with E-state index in [0.29, 0.717) is 5.71 Å². The Balaban J connectivity index is 1.45. The number of rotatable bonds is 2. The predicted octanol–water partition coefficient (Wildman–Crippen LogP) is 4.00. The molecule has 3 heterocycles. The Kier molecular flexibility index (Phi) is 5.14. The van der Waals surface area contributed by atoms with Crippen molar-refractivity contribution < 1.29 is 10.0 Å². The van der Waals surface area contributed by atoms with Crippen LogP contribution in [0.3, 0.4) is 0 Å². The smallest absolute Gasteiger partial charge is 0.264 e. The maximum Gasteiger partial charge on any atom is 0.264 e. The Morgan fingerprint density at radius 3 is 2.63 bits per heavy atom. The molecular weight excluding hydrogens is 378 g/mol. The number of amides is 1. The number of hydrogen-bond donors (Lipinski definition) is 1. The summed E-state index contributed by atoms with van der Waals surface area (Å²) in [7, 11) is 0. The van der Waals surface area contributed by atoms with Crippen LogP contribution in [0.1, 0.15) is 32.8 Å². The third-order valence-electron chi connectivity index (χ3n) is 5.17. The van der Waals surface area contributed by atoms with Gasteiger partial charge in [0.1, 0.15) is 0 Å². The van der Waals surface area contributed by atoms with Crippen molar-refractivity contribution in [2.75, 3.05) is 36.8 Å². The van der Waals surface area contributed by atoms with Crippen LogP contribution in [0.4, 0.5) is 5.69 Å². The monoisotopic (exact) mass is 401 g/mol. The summed E-state index contributed by atoms with van der Waals surface area (Å²) in [5.41, 5.74) is 5.44. The molecular formula is C20H23N3O2S2. The Morgan fingerprint density at radius 1 is 1.15 bits per heavy atom. The van der Waals surface area contributed by atoms with Gasteiger partial charge in [-0.05, 0) is 31.5 Å². The molecule has 27 heavy (non-hydrogen) atoms. The van der Waals surface area contributed by atoms with E-state index in [-0.39, 0.29) is 5.91 Å². The van der Waals surface area contributed by atoms with E-state index in [4.69, 9.17) is 0 Å². The van der Waals surface area contributed by atoms with E-state index >= 15 is 0 Å². The second-order valence-corrected chi connectivity index (χ2v) is 9.44. The van der Waals surface area contributed by atoms with Gasteiger partial charge in [0, 0.05) is 49.6 Å². The molecule has 7 heteroatoms. The summed E-state index contributed by atoms with van der Waals surface area (Å²) in [4.78, 5) is 18.0. The Bertz CT molecular complexity index is 899. The largest absolute Gasteiger partial charge is 0.411 e. The highest BCUT2D eigenvalue weighted by molar-refractivity contribution is 8.01. The molecule has 2 aliphatic heterocycles. The zero-order valence-corrected chi connectivity index (χ0v) is 17.2. The lowest BCUT2D eigenvalue weighted by molar-refractivity contribution is 0.0751. The highest BCUT2D eigenvalue weighted by Gasteiger charge is 2.27. The lowest BCUT2D eigenvalue weighted by Crippen LogP contribution is -2.48. The number of carbonyl (C=O) groups excluding carboxylic acids is 1. The molecule has 1 aromatic heterocycles. The van der Waals surface area contributed by atoms with Gasteiger partial charge in [-0.3, -0.25) is 4.79 Å². The number of aryl methyl sites for hydroxylation is 2. The molecule has 1 fully saturated rings. The minimum Gasteiger partial charge on any atom is -0.411 e. The van der Waals surface area contributed by atoms with Gasteiger partial charge in [0.25, 0.3) is 5.91 Å². The van der Waals surface area contributed by atoms with Gasteiger partial charge in [-0.15, -0.1) is 23.1 Å². The summed E-state index contributed by atoms with van der Waals surface area (Å²) in [5.74, 6) is 0.988. The van der Waals surface area contributed by atoms with E-state index in [1.165, 1.54) is 28.2 Å². The molecule has 2 aliphatic rings. The van der Waals surface area contributed by atoms with Crippen LogP contribution in [-0.4, -0.2) is 53.7 Å². The second-order valence-electron chi connectivity index (χ2n) is 7.03. The van der Waals surface area contributed by atoms with E-state index in [2.05, 4.69) is 42.1 Å². The normalized spacial score (nSPS) is 18.7. The number of thiophene rings is 1. The van der Waals surface area contributed by atoms with Crippen LogP contribution in [0.2, 0.25) is 0 Å². The van der Waals surface area contributed by atoms with Crippen LogP contribution in [-0.2, 0) is 0 Å². The predicted molar refractivity (Wildman–Crippen MR) is 112 cm³/mol. The summed E-state index contributed by atoms with van der Waals surface area (Å²) in [6, 6.07) is 8.44. The molecule has 0 radical (unpaired) electrons. The molecule has 2 aromatic rings. The molecule has 5 nitrogen and oxygen atoms in total. The van der Waals surface area contributed by atoms with Crippen LogP contribution in [0.25, 0.3) is 0 Å². The standard InChI is InChI=1S/C20H23N3O2S2/c1-13-3-4-17(14(2)11-13)22-6-8-23(9-7-22)19(24)18-12-15-16(21-25)5-10-26-20(15)27-18/h3-4,11-12,25H,5-10H2,1-2H3. The molecule has 0 aliphatic carbocycles. The van der Waals surface area contributed by atoms with Crippen LogP contribution in [0.15, 0.2) is 33.6 Å². The van der Waals surface area contributed by atoms with Gasteiger partial charge >= 0.3 is 0 Å². The van der Waals surface area contributed by atoms with Crippen molar-refractivity contribution in [3.8, 4) is 0 Å². The van der Waals surface area contributed by atoms with Crippen molar-refractivity contribution >= 4 is 40.4 Å². The molecule has 0 bridgehead atoms. The first-order chi connectivity index (χ1) is 13.1. The second kappa shape index (κ2) is 7.56. The quantitative estimate of drug-likeness (QED) is 0.610. The van der Waals surface area contributed by atoms with Crippen LogP contribution in [0, 0.1) is 13.8 Å². The highest BCUT2D eigenvalue weighted by Crippen LogP contribution is 2.38. The molecule has 1 aromatic carbocycles. The summed E-state index contributed by atoms with van der Waals surface area (Å²) in [6.07, 6.45) is 0.743. The zero-order chi connectivity index (χ0) is 19.0. The molecule has 142 valence electrons. The number of anilines is 1. The first-order valence-electron chi connectivity index (χ1n) is 9.16. The van der Waals surface area contributed by atoms with Crippen molar-refractivity contribution in [2.45, 2.75) is 24.5 Å². The minimum atomic E-state index is 0.0903. The molecule has 0 spiro atoms. The van der Waals surface area contributed by atoms with Crippen molar-refractivity contribution in [3.05, 3.63) is 45.8 Å². The SMILES string of the molecule is Cc1ccc(N2CCN(C(=O)c3cc4c(s3)SCCC4=NO)CC2)c(C)c1. The van der Waals surface area contributed by atoms with Gasteiger partial charge in [-0.2, -0.15) is 0 Å². The van der Waals surface area contributed by atoms with Crippen LogP contribution < -0.4 is 4.90 Å². The number of fused-ring (bicyclic) bond motifs is 1. The third kappa shape index (κ3) is 3.58. The molecule has 1 amide bonds. The van der Waals surface area contributed by atoms with Gasteiger partial charge < -0.3 is 15.0 Å². The minimum absolute atomic E-state index is 0.0903. The first kappa shape index (κ1) is 18.4. The van der Waals surface area contributed by atoms with Gasteiger partial charge in [-0.25, -0.2) is 0 Å². The Hall–Kier alpha value is -1.99. The van der Waals surface area contributed by atoms with E-state index in [0.717, 1.165) is 53.0 Å². The lowest BCUT2D eigenvalue weighted by Gasteiger charge is -2.36. The average Bonchev–Trinajstić information content (AvgIpc) is 3.12. The molecule has 4 rings (SSSR count). The fraction of sp³-hybridized carbons (Fsp3) is 0.400. The number of piperazine rings is 1. The van der Waals surface area contributed by atoms with Gasteiger partial charge in [0.2, 0.25) is 0 Å². The molecule has 0 unspecified atom stereocenters. The van der Waals surface area contributed by atoms with Crippen molar-refractivity contribution in [1.82, 2.24) is 4.90 Å². The maximum atomic E-state index is 13.0. The number of oxime groups is 1. The van der Waals surface area contributed by atoms with Crippen molar-refractivity contribution in [3.63, 3.8) is 0 Å². The number of hydrogen-bond acceptors (Lipinski definition) is 6.